The predicted molar refractivity (Wildman–Crippen MR) is 63.4 cm³/mol. The number of nitrogens with zero attached hydrogens (tertiary/aromatic N) is 3. The maximum Gasteiger partial charge on any atom is 0.326 e. The van der Waals surface area contributed by atoms with E-state index < -0.39 is 17.9 Å². The molecule has 0 aromatic carbocycles. The van der Waals surface area contributed by atoms with Gasteiger partial charge in [0.05, 0.1) is 12.4 Å². The van der Waals surface area contributed by atoms with Gasteiger partial charge in [-0.3, -0.25) is 9.78 Å². The molecule has 2 rings (SSSR count). The molecule has 18 heavy (non-hydrogen) atoms. The molecule has 1 aromatic heterocycles. The molecule has 96 valence electrons. The minimum absolute atomic E-state index is 0.0793. The standard InChI is InChI=1S/C11H12ClN3O3/c12-9-6-13-5-7(14-9)10(16)15-4-2-1-3-8(15)11(17)18/h5-6,8H,1-4H2,(H,17,18)/t8-/m0/s1. The van der Waals surface area contributed by atoms with Crippen molar-refractivity contribution >= 4 is 23.5 Å². The lowest BCUT2D eigenvalue weighted by Gasteiger charge is -2.32. The maximum atomic E-state index is 12.2. The molecule has 6 nitrogen and oxygen atoms in total. The molecule has 1 N–H and O–H groups in total. The number of halogens is 1. The maximum absolute atomic E-state index is 12.2. The monoisotopic (exact) mass is 269 g/mol. The molecule has 1 aliphatic heterocycles. The van der Waals surface area contributed by atoms with Crippen LogP contribution >= 0.6 is 11.6 Å². The van der Waals surface area contributed by atoms with E-state index in [2.05, 4.69) is 9.97 Å². The van der Waals surface area contributed by atoms with E-state index in [1.54, 1.807) is 0 Å². The fourth-order valence-electron chi connectivity index (χ4n) is 2.02. The molecule has 1 amide bonds. The highest BCUT2D eigenvalue weighted by Crippen LogP contribution is 2.19. The van der Waals surface area contributed by atoms with E-state index in [0.29, 0.717) is 13.0 Å². The second-order valence-electron chi connectivity index (χ2n) is 4.08. The average molecular weight is 270 g/mol. The lowest BCUT2D eigenvalue weighted by Crippen LogP contribution is -2.48. The first-order valence-corrected chi connectivity index (χ1v) is 5.98. The van der Waals surface area contributed by atoms with Crippen LogP contribution in [0.3, 0.4) is 0 Å². The first-order valence-electron chi connectivity index (χ1n) is 5.61. The predicted octanol–water partition coefficient (Wildman–Crippen LogP) is 1.21. The minimum atomic E-state index is -0.988. The van der Waals surface area contributed by atoms with Gasteiger partial charge < -0.3 is 10.0 Å². The van der Waals surface area contributed by atoms with Crippen molar-refractivity contribution in [2.75, 3.05) is 6.54 Å². The number of carboxylic acids is 1. The molecule has 0 radical (unpaired) electrons. The van der Waals surface area contributed by atoms with Gasteiger partial charge in [0.1, 0.15) is 16.9 Å². The summed E-state index contributed by atoms with van der Waals surface area (Å²) in [5, 5.41) is 9.22. The van der Waals surface area contributed by atoms with Crippen LogP contribution in [-0.2, 0) is 4.79 Å². The van der Waals surface area contributed by atoms with Crippen molar-refractivity contribution in [1.29, 1.82) is 0 Å². The minimum Gasteiger partial charge on any atom is -0.480 e. The highest BCUT2D eigenvalue weighted by Gasteiger charge is 2.33. The van der Waals surface area contributed by atoms with Crippen LogP contribution in [0.25, 0.3) is 0 Å². The number of carbonyl (C=O) groups excluding carboxylic acids is 1. The largest absolute Gasteiger partial charge is 0.480 e. The van der Waals surface area contributed by atoms with Crippen molar-refractivity contribution < 1.29 is 14.7 Å². The molecular formula is C11H12ClN3O3. The van der Waals surface area contributed by atoms with E-state index in [1.165, 1.54) is 17.3 Å². The third kappa shape index (κ3) is 2.59. The zero-order valence-electron chi connectivity index (χ0n) is 9.54. The molecule has 0 saturated carbocycles. The number of amides is 1. The summed E-state index contributed by atoms with van der Waals surface area (Å²) < 4.78 is 0. The van der Waals surface area contributed by atoms with E-state index >= 15 is 0 Å². The molecule has 1 saturated heterocycles. The van der Waals surface area contributed by atoms with Crippen molar-refractivity contribution in [3.63, 3.8) is 0 Å². The van der Waals surface area contributed by atoms with Crippen molar-refractivity contribution in [2.45, 2.75) is 25.3 Å². The Bertz CT molecular complexity index is 480. The second kappa shape index (κ2) is 5.30. The summed E-state index contributed by atoms with van der Waals surface area (Å²) in [5.41, 5.74) is 0.0793. The first kappa shape index (κ1) is 12.8. The van der Waals surface area contributed by atoms with E-state index in [1.807, 2.05) is 0 Å². The molecule has 0 bridgehead atoms. The summed E-state index contributed by atoms with van der Waals surface area (Å²) in [6, 6.07) is -0.785. The summed E-state index contributed by atoms with van der Waals surface area (Å²) in [5.74, 6) is -1.42. The van der Waals surface area contributed by atoms with Crippen LogP contribution in [0.2, 0.25) is 5.15 Å². The van der Waals surface area contributed by atoms with Gasteiger partial charge in [0.2, 0.25) is 0 Å². The summed E-state index contributed by atoms with van der Waals surface area (Å²) in [6.07, 6.45) is 4.69. The SMILES string of the molecule is O=C(O)[C@@H]1CCCCN1C(=O)c1cncc(Cl)n1. The van der Waals surface area contributed by atoms with Crippen molar-refractivity contribution in [1.82, 2.24) is 14.9 Å². The van der Waals surface area contributed by atoms with Gasteiger partial charge in [-0.15, -0.1) is 0 Å². The van der Waals surface area contributed by atoms with Gasteiger partial charge >= 0.3 is 5.97 Å². The number of hydrogen-bond donors (Lipinski definition) is 1. The quantitative estimate of drug-likeness (QED) is 0.872. The highest BCUT2D eigenvalue weighted by atomic mass is 35.5. The van der Waals surface area contributed by atoms with Gasteiger partial charge in [-0.2, -0.15) is 0 Å². The van der Waals surface area contributed by atoms with Crippen molar-refractivity contribution in [2.24, 2.45) is 0 Å². The summed E-state index contributed by atoms with van der Waals surface area (Å²) in [6.45, 7) is 0.421. The van der Waals surface area contributed by atoms with Crippen LogP contribution in [0.15, 0.2) is 12.4 Å². The smallest absolute Gasteiger partial charge is 0.326 e. The highest BCUT2D eigenvalue weighted by molar-refractivity contribution is 6.29. The van der Waals surface area contributed by atoms with Crippen LogP contribution in [0.5, 0.6) is 0 Å². The Labute approximate surface area is 109 Å². The van der Waals surface area contributed by atoms with Gasteiger partial charge in [-0.05, 0) is 19.3 Å². The summed E-state index contributed by atoms with van der Waals surface area (Å²) >= 11 is 5.67. The van der Waals surface area contributed by atoms with Gasteiger partial charge in [0.25, 0.3) is 5.91 Å². The lowest BCUT2D eigenvalue weighted by molar-refractivity contribution is -0.143. The van der Waals surface area contributed by atoms with Crippen molar-refractivity contribution in [3.8, 4) is 0 Å². The molecular weight excluding hydrogens is 258 g/mol. The third-order valence-electron chi connectivity index (χ3n) is 2.87. The van der Waals surface area contributed by atoms with E-state index in [-0.39, 0.29) is 10.8 Å². The number of piperidine rings is 1. The molecule has 1 atom stereocenters. The number of hydrogen-bond acceptors (Lipinski definition) is 4. The second-order valence-corrected chi connectivity index (χ2v) is 4.46. The number of aromatic nitrogens is 2. The third-order valence-corrected chi connectivity index (χ3v) is 3.06. The lowest BCUT2D eigenvalue weighted by atomic mass is 10.0. The van der Waals surface area contributed by atoms with Crippen LogP contribution in [0.4, 0.5) is 0 Å². The number of aliphatic carboxylic acids is 1. The Kier molecular flexibility index (Phi) is 3.76. The molecule has 0 spiro atoms. The van der Waals surface area contributed by atoms with E-state index in [9.17, 15) is 9.59 Å². The summed E-state index contributed by atoms with van der Waals surface area (Å²) in [7, 11) is 0. The Balaban J connectivity index is 2.23. The molecule has 1 aromatic rings. The van der Waals surface area contributed by atoms with Crippen LogP contribution in [0, 0.1) is 0 Å². The number of carbonyl (C=O) groups is 2. The molecule has 0 unspecified atom stereocenters. The molecule has 7 heteroatoms. The van der Waals surface area contributed by atoms with Crippen LogP contribution < -0.4 is 0 Å². The van der Waals surface area contributed by atoms with E-state index in [4.69, 9.17) is 16.7 Å². The van der Waals surface area contributed by atoms with Gasteiger partial charge in [-0.25, -0.2) is 9.78 Å². The first-order chi connectivity index (χ1) is 8.59. The molecule has 1 fully saturated rings. The Morgan fingerprint density at radius 2 is 2.17 bits per heavy atom. The van der Waals surface area contributed by atoms with Gasteiger partial charge in [-0.1, -0.05) is 11.6 Å². The molecule has 1 aliphatic rings. The van der Waals surface area contributed by atoms with Gasteiger partial charge in [0.15, 0.2) is 0 Å². The zero-order valence-corrected chi connectivity index (χ0v) is 10.3. The Hall–Kier alpha value is -1.69. The topological polar surface area (TPSA) is 83.4 Å². The number of likely N-dealkylation sites (tertiary alicyclic amines) is 1. The zero-order chi connectivity index (χ0) is 13.1. The number of carboxylic acid groups (broad SMARTS) is 1. The molecule has 0 aliphatic carbocycles. The average Bonchev–Trinajstić information content (AvgIpc) is 2.38. The normalized spacial score (nSPS) is 19.6. The Morgan fingerprint density at radius 1 is 1.39 bits per heavy atom. The fraction of sp³-hybridized carbons (Fsp3) is 0.455. The van der Waals surface area contributed by atoms with Crippen LogP contribution in [0.1, 0.15) is 29.8 Å². The summed E-state index contributed by atoms with van der Waals surface area (Å²) in [4.78, 5) is 32.2. The van der Waals surface area contributed by atoms with E-state index in [0.717, 1.165) is 12.8 Å². The van der Waals surface area contributed by atoms with Crippen LogP contribution in [-0.4, -0.2) is 44.4 Å². The van der Waals surface area contributed by atoms with Gasteiger partial charge in [0, 0.05) is 6.54 Å². The number of rotatable bonds is 2. The van der Waals surface area contributed by atoms with Crippen molar-refractivity contribution in [3.05, 3.63) is 23.2 Å². The molecule has 2 heterocycles. The fourth-order valence-corrected chi connectivity index (χ4v) is 2.17. The Morgan fingerprint density at radius 3 is 2.83 bits per heavy atom.